The zero-order chi connectivity index (χ0) is 16.4. The predicted octanol–water partition coefficient (Wildman–Crippen LogP) is 3.26. The highest BCUT2D eigenvalue weighted by atomic mass is 79.9. The number of rotatable bonds is 3. The van der Waals surface area contributed by atoms with Crippen LogP contribution in [0.4, 0.5) is 0 Å². The van der Waals surface area contributed by atoms with Crippen LogP contribution >= 0.6 is 15.9 Å². The largest absolute Gasteiger partial charge is 0.353 e. The fourth-order valence-corrected chi connectivity index (χ4v) is 4.53. The van der Waals surface area contributed by atoms with Crippen LogP contribution < -0.4 is 10.6 Å². The smallest absolute Gasteiger partial charge is 0.252 e. The molecule has 4 nitrogen and oxygen atoms in total. The lowest BCUT2D eigenvalue weighted by molar-refractivity contribution is -0.127. The van der Waals surface area contributed by atoms with Gasteiger partial charge in [0.15, 0.2) is 0 Å². The molecule has 2 aliphatic rings. The van der Waals surface area contributed by atoms with Crippen LogP contribution in [-0.4, -0.2) is 23.9 Å². The normalized spacial score (nSPS) is 30.3. The fourth-order valence-electron chi connectivity index (χ4n) is 4.07. The van der Waals surface area contributed by atoms with Crippen molar-refractivity contribution in [3.63, 3.8) is 0 Å². The number of piperidine rings is 1. The quantitative estimate of drug-likeness (QED) is 0.847. The SMILES string of the molecule is CCC1CC(=O)NC2CC(NC(=O)c3ccccc3Br)CCC12. The van der Waals surface area contributed by atoms with Crippen LogP contribution in [0, 0.1) is 11.8 Å². The number of hydrogen-bond acceptors (Lipinski definition) is 2. The van der Waals surface area contributed by atoms with Crippen molar-refractivity contribution in [2.24, 2.45) is 11.8 Å². The Hall–Kier alpha value is -1.36. The molecule has 4 unspecified atom stereocenters. The minimum Gasteiger partial charge on any atom is -0.353 e. The Morgan fingerprint density at radius 1 is 1.35 bits per heavy atom. The summed E-state index contributed by atoms with van der Waals surface area (Å²) in [5.74, 6) is 1.17. The molecule has 0 bridgehead atoms. The first kappa shape index (κ1) is 16.5. The van der Waals surface area contributed by atoms with Crippen LogP contribution in [0.5, 0.6) is 0 Å². The third kappa shape index (κ3) is 3.60. The van der Waals surface area contributed by atoms with Crippen LogP contribution in [-0.2, 0) is 4.79 Å². The number of benzene rings is 1. The summed E-state index contributed by atoms with van der Waals surface area (Å²) >= 11 is 3.42. The topological polar surface area (TPSA) is 58.2 Å². The summed E-state index contributed by atoms with van der Waals surface area (Å²) in [6.45, 7) is 2.17. The molecule has 1 aromatic rings. The molecule has 1 heterocycles. The molecule has 124 valence electrons. The van der Waals surface area contributed by atoms with Crippen LogP contribution in [0.15, 0.2) is 28.7 Å². The van der Waals surface area contributed by atoms with Gasteiger partial charge in [0.1, 0.15) is 0 Å². The van der Waals surface area contributed by atoms with Crippen molar-refractivity contribution >= 4 is 27.7 Å². The molecular weight excluding hydrogens is 356 g/mol. The van der Waals surface area contributed by atoms with Gasteiger partial charge in [-0.15, -0.1) is 0 Å². The van der Waals surface area contributed by atoms with Crippen molar-refractivity contribution in [2.75, 3.05) is 0 Å². The Bertz CT molecular complexity index is 604. The van der Waals surface area contributed by atoms with Crippen molar-refractivity contribution in [2.45, 2.75) is 51.1 Å². The number of amides is 2. The standard InChI is InChI=1S/C18H23BrN2O2/c1-2-11-9-17(22)21-16-10-12(7-8-13(11)16)20-18(23)14-5-3-4-6-15(14)19/h3-6,11-13,16H,2,7-10H2,1H3,(H,20,23)(H,21,22). The van der Waals surface area contributed by atoms with E-state index in [2.05, 4.69) is 33.5 Å². The lowest BCUT2D eigenvalue weighted by atomic mass is 9.70. The second-order valence-corrected chi connectivity index (χ2v) is 7.53. The first-order valence-electron chi connectivity index (χ1n) is 8.43. The van der Waals surface area contributed by atoms with Crippen molar-refractivity contribution in [3.8, 4) is 0 Å². The van der Waals surface area contributed by atoms with E-state index in [0.29, 0.717) is 23.8 Å². The highest BCUT2D eigenvalue weighted by Gasteiger charge is 2.40. The summed E-state index contributed by atoms with van der Waals surface area (Å²) < 4.78 is 0.809. The van der Waals surface area contributed by atoms with E-state index in [-0.39, 0.29) is 23.9 Å². The minimum atomic E-state index is -0.0462. The van der Waals surface area contributed by atoms with Gasteiger partial charge in [-0.2, -0.15) is 0 Å². The molecular formula is C18H23BrN2O2. The van der Waals surface area contributed by atoms with E-state index in [9.17, 15) is 9.59 Å². The van der Waals surface area contributed by atoms with Gasteiger partial charge < -0.3 is 10.6 Å². The highest BCUT2D eigenvalue weighted by molar-refractivity contribution is 9.10. The predicted molar refractivity (Wildman–Crippen MR) is 93.1 cm³/mol. The Kier molecular flexibility index (Phi) is 5.05. The first-order valence-corrected chi connectivity index (χ1v) is 9.22. The van der Waals surface area contributed by atoms with Crippen molar-refractivity contribution in [1.29, 1.82) is 0 Å². The zero-order valence-electron chi connectivity index (χ0n) is 13.3. The molecule has 3 rings (SSSR count). The summed E-state index contributed by atoms with van der Waals surface area (Å²) in [7, 11) is 0. The van der Waals surface area contributed by atoms with Crippen molar-refractivity contribution in [1.82, 2.24) is 10.6 Å². The number of nitrogens with one attached hydrogen (secondary N) is 2. The highest BCUT2D eigenvalue weighted by Crippen LogP contribution is 2.37. The second-order valence-electron chi connectivity index (χ2n) is 6.67. The van der Waals surface area contributed by atoms with Crippen LogP contribution in [0.3, 0.4) is 0 Å². The van der Waals surface area contributed by atoms with Gasteiger partial charge in [0.05, 0.1) is 5.56 Å². The second kappa shape index (κ2) is 7.04. The van der Waals surface area contributed by atoms with Gasteiger partial charge in [-0.3, -0.25) is 9.59 Å². The molecule has 1 saturated heterocycles. The van der Waals surface area contributed by atoms with Gasteiger partial charge in [0.25, 0.3) is 5.91 Å². The average Bonchev–Trinajstić information content (AvgIpc) is 2.54. The van der Waals surface area contributed by atoms with E-state index >= 15 is 0 Å². The molecule has 2 fully saturated rings. The molecule has 4 atom stereocenters. The Morgan fingerprint density at radius 2 is 2.13 bits per heavy atom. The average molecular weight is 379 g/mol. The van der Waals surface area contributed by atoms with Crippen LogP contribution in [0.2, 0.25) is 0 Å². The summed E-state index contributed by atoms with van der Waals surface area (Å²) in [6, 6.07) is 7.80. The molecule has 0 aromatic heterocycles. The van der Waals surface area contributed by atoms with Crippen molar-refractivity contribution < 1.29 is 9.59 Å². The third-order valence-corrected chi connectivity index (χ3v) is 5.97. The van der Waals surface area contributed by atoms with E-state index in [0.717, 1.165) is 30.2 Å². The fraction of sp³-hybridized carbons (Fsp3) is 0.556. The number of carbonyl (C=O) groups is 2. The van der Waals surface area contributed by atoms with Gasteiger partial charge >= 0.3 is 0 Å². The van der Waals surface area contributed by atoms with Gasteiger partial charge in [-0.05, 0) is 59.2 Å². The molecule has 1 aliphatic heterocycles. The van der Waals surface area contributed by atoms with Gasteiger partial charge in [0, 0.05) is 23.0 Å². The number of carbonyl (C=O) groups excluding carboxylic acids is 2. The van der Waals surface area contributed by atoms with E-state index < -0.39 is 0 Å². The summed E-state index contributed by atoms with van der Waals surface area (Å²) in [5.41, 5.74) is 0.661. The Balaban J connectivity index is 1.64. The molecule has 2 amide bonds. The number of fused-ring (bicyclic) bond motifs is 1. The van der Waals surface area contributed by atoms with Crippen LogP contribution in [0.1, 0.15) is 49.4 Å². The number of hydrogen-bond donors (Lipinski definition) is 2. The van der Waals surface area contributed by atoms with Crippen molar-refractivity contribution in [3.05, 3.63) is 34.3 Å². The first-order chi connectivity index (χ1) is 11.1. The van der Waals surface area contributed by atoms with E-state index in [1.165, 1.54) is 0 Å². The molecule has 5 heteroatoms. The van der Waals surface area contributed by atoms with Gasteiger partial charge in [-0.1, -0.05) is 25.5 Å². The monoisotopic (exact) mass is 378 g/mol. The summed E-state index contributed by atoms with van der Waals surface area (Å²) in [5, 5.41) is 6.27. The maximum atomic E-state index is 12.5. The zero-order valence-corrected chi connectivity index (χ0v) is 14.9. The minimum absolute atomic E-state index is 0.0462. The van der Waals surface area contributed by atoms with E-state index in [4.69, 9.17) is 0 Å². The molecule has 0 radical (unpaired) electrons. The van der Waals surface area contributed by atoms with E-state index in [1.807, 2.05) is 24.3 Å². The molecule has 1 aromatic carbocycles. The molecule has 0 spiro atoms. The summed E-state index contributed by atoms with van der Waals surface area (Å²) in [4.78, 5) is 24.3. The maximum Gasteiger partial charge on any atom is 0.252 e. The lowest BCUT2D eigenvalue weighted by Crippen LogP contribution is -2.55. The molecule has 1 saturated carbocycles. The molecule has 23 heavy (non-hydrogen) atoms. The van der Waals surface area contributed by atoms with E-state index in [1.54, 1.807) is 0 Å². The lowest BCUT2D eigenvalue weighted by Gasteiger charge is -2.44. The van der Waals surface area contributed by atoms with Gasteiger partial charge in [-0.25, -0.2) is 0 Å². The Morgan fingerprint density at radius 3 is 2.87 bits per heavy atom. The maximum absolute atomic E-state index is 12.5. The van der Waals surface area contributed by atoms with Crippen LogP contribution in [0.25, 0.3) is 0 Å². The van der Waals surface area contributed by atoms with Gasteiger partial charge in [0.2, 0.25) is 5.91 Å². The summed E-state index contributed by atoms with van der Waals surface area (Å²) in [6.07, 6.45) is 4.62. The Labute approximate surface area is 145 Å². The molecule has 1 aliphatic carbocycles. The number of halogens is 1. The third-order valence-electron chi connectivity index (χ3n) is 5.28. The molecule has 2 N–H and O–H groups in total.